The van der Waals surface area contributed by atoms with Crippen LogP contribution in [-0.4, -0.2) is 42.7 Å². The summed E-state index contributed by atoms with van der Waals surface area (Å²) in [7, 11) is 1.65. The number of alkyl halides is 1. The molecule has 1 rings (SSSR count). The Hall–Kier alpha value is -0.770. The topological polar surface area (TPSA) is 49.4 Å². The number of carbonyl (C=O) groups is 2. The van der Waals surface area contributed by atoms with Crippen LogP contribution >= 0.6 is 11.6 Å². The van der Waals surface area contributed by atoms with Crippen LogP contribution in [0.1, 0.15) is 19.8 Å². The zero-order valence-corrected chi connectivity index (χ0v) is 10.6. The van der Waals surface area contributed by atoms with E-state index in [9.17, 15) is 9.59 Å². The largest absolute Gasteiger partial charge is 0.359 e. The second kappa shape index (κ2) is 6.09. The van der Waals surface area contributed by atoms with Gasteiger partial charge in [-0.1, -0.05) is 6.92 Å². The van der Waals surface area contributed by atoms with E-state index in [0.29, 0.717) is 19.0 Å². The molecule has 4 nitrogen and oxygen atoms in total. The molecule has 0 aromatic heterocycles. The Bertz CT molecular complexity index is 263. The predicted octanol–water partition coefficient (Wildman–Crippen LogP) is 0.846. The van der Waals surface area contributed by atoms with Gasteiger partial charge < -0.3 is 10.2 Å². The fraction of sp³-hybridized carbons (Fsp3) is 0.818. The summed E-state index contributed by atoms with van der Waals surface area (Å²) < 4.78 is 0. The van der Waals surface area contributed by atoms with Gasteiger partial charge in [0.15, 0.2) is 0 Å². The average molecular weight is 247 g/mol. The van der Waals surface area contributed by atoms with Gasteiger partial charge in [0.05, 0.1) is 0 Å². The number of rotatable bonds is 3. The fourth-order valence-corrected chi connectivity index (χ4v) is 2.08. The van der Waals surface area contributed by atoms with Gasteiger partial charge in [-0.2, -0.15) is 0 Å². The van der Waals surface area contributed by atoms with Crippen molar-refractivity contribution < 1.29 is 9.59 Å². The van der Waals surface area contributed by atoms with E-state index in [0.717, 1.165) is 12.8 Å². The maximum absolute atomic E-state index is 11.8. The molecule has 0 aliphatic carbocycles. The summed E-state index contributed by atoms with van der Waals surface area (Å²) in [5.74, 6) is 0.468. The molecule has 1 unspecified atom stereocenters. The predicted molar refractivity (Wildman–Crippen MR) is 63.3 cm³/mol. The number of carbonyl (C=O) groups excluding carboxylic acids is 2. The van der Waals surface area contributed by atoms with Crippen LogP contribution in [0, 0.1) is 11.8 Å². The molecule has 1 heterocycles. The highest BCUT2D eigenvalue weighted by molar-refractivity contribution is 6.19. The highest BCUT2D eigenvalue weighted by Gasteiger charge is 2.28. The highest BCUT2D eigenvalue weighted by Crippen LogP contribution is 2.19. The van der Waals surface area contributed by atoms with Gasteiger partial charge in [-0.3, -0.25) is 9.59 Å². The molecule has 16 heavy (non-hydrogen) atoms. The molecule has 1 atom stereocenters. The number of likely N-dealkylation sites (tertiary alicyclic amines) is 1. The molecule has 0 radical (unpaired) electrons. The molecule has 0 aromatic carbocycles. The van der Waals surface area contributed by atoms with E-state index in [2.05, 4.69) is 5.32 Å². The van der Waals surface area contributed by atoms with Crippen LogP contribution < -0.4 is 5.32 Å². The maximum Gasteiger partial charge on any atom is 0.226 e. The molecular formula is C11H19ClN2O2. The third-order valence-electron chi connectivity index (χ3n) is 3.08. The molecule has 0 bridgehead atoms. The molecule has 5 heteroatoms. The first-order valence-corrected chi connectivity index (χ1v) is 6.20. The number of nitrogens with zero attached hydrogens (tertiary/aromatic N) is 1. The van der Waals surface area contributed by atoms with Crippen LogP contribution in [0.25, 0.3) is 0 Å². The van der Waals surface area contributed by atoms with E-state index in [1.807, 2.05) is 11.8 Å². The lowest BCUT2D eigenvalue weighted by molar-refractivity contribution is -0.138. The Morgan fingerprint density at radius 3 is 2.44 bits per heavy atom. The number of halogens is 1. The quantitative estimate of drug-likeness (QED) is 0.751. The summed E-state index contributed by atoms with van der Waals surface area (Å²) >= 11 is 5.66. The van der Waals surface area contributed by atoms with Gasteiger partial charge in [0.2, 0.25) is 11.8 Å². The van der Waals surface area contributed by atoms with Crippen molar-refractivity contribution in [2.75, 3.05) is 26.0 Å². The van der Waals surface area contributed by atoms with Crippen molar-refractivity contribution in [2.24, 2.45) is 11.8 Å². The first kappa shape index (κ1) is 13.3. The smallest absolute Gasteiger partial charge is 0.226 e. The number of piperidine rings is 1. The van der Waals surface area contributed by atoms with E-state index >= 15 is 0 Å². The molecule has 2 amide bonds. The third-order valence-corrected chi connectivity index (χ3v) is 3.54. The third kappa shape index (κ3) is 3.11. The van der Waals surface area contributed by atoms with E-state index < -0.39 is 0 Å². The van der Waals surface area contributed by atoms with Crippen molar-refractivity contribution in [3.8, 4) is 0 Å². The van der Waals surface area contributed by atoms with Crippen LogP contribution in [0.15, 0.2) is 0 Å². The molecule has 1 fully saturated rings. The molecule has 1 aliphatic rings. The zero-order valence-electron chi connectivity index (χ0n) is 9.83. The second-order valence-electron chi connectivity index (χ2n) is 4.27. The molecule has 92 valence electrons. The summed E-state index contributed by atoms with van der Waals surface area (Å²) in [4.78, 5) is 25.0. The molecule has 0 spiro atoms. The summed E-state index contributed by atoms with van der Waals surface area (Å²) in [6, 6.07) is 0. The molecule has 1 N–H and O–H groups in total. The van der Waals surface area contributed by atoms with E-state index in [1.54, 1.807) is 7.05 Å². The monoisotopic (exact) mass is 246 g/mol. The molecule has 1 aliphatic heterocycles. The minimum absolute atomic E-state index is 0.0559. The van der Waals surface area contributed by atoms with Gasteiger partial charge in [0, 0.05) is 37.9 Å². The molecule has 1 saturated heterocycles. The van der Waals surface area contributed by atoms with Gasteiger partial charge in [-0.15, -0.1) is 11.6 Å². The Morgan fingerprint density at radius 1 is 1.44 bits per heavy atom. The normalized spacial score (nSPS) is 19.3. The first-order valence-electron chi connectivity index (χ1n) is 5.66. The maximum atomic E-state index is 11.8. The highest BCUT2D eigenvalue weighted by atomic mass is 35.5. The number of hydrogen-bond acceptors (Lipinski definition) is 2. The van der Waals surface area contributed by atoms with Gasteiger partial charge in [-0.25, -0.2) is 0 Å². The van der Waals surface area contributed by atoms with Crippen molar-refractivity contribution in [3.05, 3.63) is 0 Å². The van der Waals surface area contributed by atoms with Crippen LogP contribution in [0.5, 0.6) is 0 Å². The van der Waals surface area contributed by atoms with Crippen LogP contribution in [0.2, 0.25) is 0 Å². The van der Waals surface area contributed by atoms with E-state index in [4.69, 9.17) is 11.6 Å². The fourth-order valence-electron chi connectivity index (χ4n) is 1.94. The Kier molecular flexibility index (Phi) is 5.06. The summed E-state index contributed by atoms with van der Waals surface area (Å²) in [5, 5.41) is 2.65. The zero-order chi connectivity index (χ0) is 12.1. The minimum Gasteiger partial charge on any atom is -0.359 e. The van der Waals surface area contributed by atoms with Gasteiger partial charge in [-0.05, 0) is 12.8 Å². The minimum atomic E-state index is -0.127. The van der Waals surface area contributed by atoms with Crippen LogP contribution in [0.4, 0.5) is 0 Å². The first-order chi connectivity index (χ1) is 7.60. The summed E-state index contributed by atoms with van der Waals surface area (Å²) in [6.45, 7) is 3.16. The molecule has 0 saturated carbocycles. The van der Waals surface area contributed by atoms with E-state index in [-0.39, 0.29) is 23.7 Å². The van der Waals surface area contributed by atoms with Crippen LogP contribution in [0.3, 0.4) is 0 Å². The van der Waals surface area contributed by atoms with Crippen molar-refractivity contribution >= 4 is 23.4 Å². The summed E-state index contributed by atoms with van der Waals surface area (Å²) in [5.41, 5.74) is 0. The van der Waals surface area contributed by atoms with Crippen molar-refractivity contribution in [1.82, 2.24) is 10.2 Å². The van der Waals surface area contributed by atoms with Gasteiger partial charge in [0.25, 0.3) is 0 Å². The Morgan fingerprint density at radius 2 is 2.00 bits per heavy atom. The van der Waals surface area contributed by atoms with Crippen LogP contribution in [-0.2, 0) is 9.59 Å². The lowest BCUT2D eigenvalue weighted by Gasteiger charge is -2.32. The number of amides is 2. The number of nitrogens with one attached hydrogen (secondary N) is 1. The van der Waals surface area contributed by atoms with Crippen molar-refractivity contribution in [2.45, 2.75) is 19.8 Å². The lowest BCUT2D eigenvalue weighted by Crippen LogP contribution is -2.44. The molecular weight excluding hydrogens is 228 g/mol. The van der Waals surface area contributed by atoms with Gasteiger partial charge >= 0.3 is 0 Å². The molecule has 0 aromatic rings. The van der Waals surface area contributed by atoms with Crippen molar-refractivity contribution in [1.29, 1.82) is 0 Å². The Labute approximate surface area is 101 Å². The van der Waals surface area contributed by atoms with Crippen molar-refractivity contribution in [3.63, 3.8) is 0 Å². The SMILES string of the molecule is CNC(=O)C1CCN(C(=O)C(C)CCl)CC1. The second-order valence-corrected chi connectivity index (χ2v) is 4.58. The van der Waals surface area contributed by atoms with Gasteiger partial charge in [0.1, 0.15) is 0 Å². The lowest BCUT2D eigenvalue weighted by atomic mass is 9.95. The summed E-state index contributed by atoms with van der Waals surface area (Å²) in [6.07, 6.45) is 1.50. The Balaban J connectivity index is 2.43. The standard InChI is InChI=1S/C11H19ClN2O2/c1-8(7-12)11(16)14-5-3-9(4-6-14)10(15)13-2/h8-9H,3-7H2,1-2H3,(H,13,15). The average Bonchev–Trinajstić information content (AvgIpc) is 2.36. The van der Waals surface area contributed by atoms with E-state index in [1.165, 1.54) is 0 Å². The number of hydrogen-bond donors (Lipinski definition) is 1.